The first kappa shape index (κ1) is 20.0. The highest BCUT2D eigenvalue weighted by atomic mass is 16.5. The number of nitrogens with one attached hydrogen (secondary N) is 1. The second kappa shape index (κ2) is 9.95. The molecule has 2 aliphatic heterocycles. The summed E-state index contributed by atoms with van der Waals surface area (Å²) < 4.78 is 11.4. The molecule has 6 nitrogen and oxygen atoms in total. The van der Waals surface area contributed by atoms with Gasteiger partial charge in [-0.3, -0.25) is 4.90 Å². The van der Waals surface area contributed by atoms with Gasteiger partial charge in [0.25, 0.3) is 0 Å². The zero-order chi connectivity index (χ0) is 19.1. The van der Waals surface area contributed by atoms with Crippen molar-refractivity contribution in [1.82, 2.24) is 15.1 Å². The Morgan fingerprint density at radius 2 is 1.96 bits per heavy atom. The Morgan fingerprint density at radius 1 is 1.22 bits per heavy atom. The minimum atomic E-state index is 0.0203. The molecular formula is C21H33N3O3. The van der Waals surface area contributed by atoms with Gasteiger partial charge >= 0.3 is 6.03 Å². The lowest BCUT2D eigenvalue weighted by Gasteiger charge is -2.35. The average Bonchev–Trinajstić information content (AvgIpc) is 3.19. The third kappa shape index (κ3) is 6.40. The highest BCUT2D eigenvalue weighted by molar-refractivity contribution is 5.74. The summed E-state index contributed by atoms with van der Waals surface area (Å²) in [5, 5.41) is 3.03. The Balaban J connectivity index is 1.35. The van der Waals surface area contributed by atoms with Gasteiger partial charge in [0, 0.05) is 45.9 Å². The Labute approximate surface area is 162 Å². The molecule has 1 aromatic rings. The standard InChI is InChI=1S/C21H33N3O3/c1-17(2)16-27-19-7-5-18(6-8-19)14-22-21(25)24-11-9-23(10-12-24)15-20-4-3-13-26-20/h5-8,17,20H,3-4,9-16H2,1-2H3,(H,22,25). The third-order valence-electron chi connectivity index (χ3n) is 5.10. The molecule has 1 aromatic carbocycles. The topological polar surface area (TPSA) is 54.0 Å². The number of rotatable bonds is 7. The molecule has 0 aliphatic carbocycles. The van der Waals surface area contributed by atoms with Gasteiger partial charge in [-0.25, -0.2) is 4.79 Å². The lowest BCUT2D eigenvalue weighted by molar-refractivity contribution is 0.0561. The van der Waals surface area contributed by atoms with Crippen molar-refractivity contribution in [3.8, 4) is 5.75 Å². The maximum atomic E-state index is 12.4. The fourth-order valence-corrected chi connectivity index (χ4v) is 3.47. The molecular weight excluding hydrogens is 342 g/mol. The molecule has 0 bridgehead atoms. The van der Waals surface area contributed by atoms with E-state index in [2.05, 4.69) is 24.1 Å². The van der Waals surface area contributed by atoms with E-state index in [1.165, 1.54) is 12.8 Å². The molecule has 2 amide bonds. The summed E-state index contributed by atoms with van der Waals surface area (Å²) in [4.78, 5) is 16.7. The van der Waals surface area contributed by atoms with Gasteiger partial charge in [-0.15, -0.1) is 0 Å². The molecule has 150 valence electrons. The molecule has 1 unspecified atom stereocenters. The van der Waals surface area contributed by atoms with Crippen LogP contribution in [-0.2, 0) is 11.3 Å². The van der Waals surface area contributed by atoms with Crippen molar-refractivity contribution >= 4 is 6.03 Å². The van der Waals surface area contributed by atoms with Crippen molar-refractivity contribution in [3.05, 3.63) is 29.8 Å². The van der Waals surface area contributed by atoms with E-state index in [9.17, 15) is 4.79 Å². The van der Waals surface area contributed by atoms with Gasteiger partial charge in [0.1, 0.15) is 5.75 Å². The molecule has 2 saturated heterocycles. The van der Waals surface area contributed by atoms with Crippen LogP contribution in [-0.4, -0.2) is 67.9 Å². The summed E-state index contributed by atoms with van der Waals surface area (Å²) in [7, 11) is 0. The van der Waals surface area contributed by atoms with Crippen molar-refractivity contribution in [1.29, 1.82) is 0 Å². The molecule has 0 spiro atoms. The van der Waals surface area contributed by atoms with Crippen LogP contribution in [0.3, 0.4) is 0 Å². The van der Waals surface area contributed by atoms with Gasteiger partial charge in [0.2, 0.25) is 0 Å². The Bertz CT molecular complexity index is 577. The summed E-state index contributed by atoms with van der Waals surface area (Å²) in [5.74, 6) is 1.39. The average molecular weight is 376 g/mol. The maximum absolute atomic E-state index is 12.4. The number of hydrogen-bond acceptors (Lipinski definition) is 4. The van der Waals surface area contributed by atoms with E-state index in [0.29, 0.717) is 18.6 Å². The largest absolute Gasteiger partial charge is 0.493 e. The van der Waals surface area contributed by atoms with Crippen molar-refractivity contribution in [2.45, 2.75) is 39.3 Å². The van der Waals surface area contributed by atoms with Gasteiger partial charge in [0.05, 0.1) is 12.7 Å². The monoisotopic (exact) mass is 375 g/mol. The number of urea groups is 1. The molecule has 0 radical (unpaired) electrons. The summed E-state index contributed by atoms with van der Waals surface area (Å²) in [6.45, 7) is 10.8. The van der Waals surface area contributed by atoms with E-state index in [0.717, 1.165) is 57.3 Å². The maximum Gasteiger partial charge on any atom is 0.317 e. The Hall–Kier alpha value is -1.79. The van der Waals surface area contributed by atoms with Crippen LogP contribution < -0.4 is 10.1 Å². The predicted octanol–water partition coefficient (Wildman–Crippen LogP) is 2.73. The lowest BCUT2D eigenvalue weighted by atomic mass is 10.2. The van der Waals surface area contributed by atoms with Gasteiger partial charge in [-0.1, -0.05) is 26.0 Å². The fraction of sp³-hybridized carbons (Fsp3) is 0.667. The van der Waals surface area contributed by atoms with Crippen LogP contribution in [0.4, 0.5) is 4.79 Å². The number of ether oxygens (including phenoxy) is 2. The SMILES string of the molecule is CC(C)COc1ccc(CNC(=O)N2CCN(CC3CCCO3)CC2)cc1. The normalized spacial score (nSPS) is 20.9. The zero-order valence-electron chi connectivity index (χ0n) is 16.7. The van der Waals surface area contributed by atoms with Crippen LogP contribution in [0.1, 0.15) is 32.3 Å². The van der Waals surface area contributed by atoms with E-state index in [1.807, 2.05) is 29.2 Å². The second-order valence-corrected chi connectivity index (χ2v) is 7.93. The summed E-state index contributed by atoms with van der Waals surface area (Å²) >= 11 is 0. The lowest BCUT2D eigenvalue weighted by Crippen LogP contribution is -2.52. The molecule has 3 rings (SSSR count). The highest BCUT2D eigenvalue weighted by Crippen LogP contribution is 2.15. The molecule has 6 heteroatoms. The van der Waals surface area contributed by atoms with E-state index in [1.54, 1.807) is 0 Å². The quantitative estimate of drug-likeness (QED) is 0.796. The minimum absolute atomic E-state index is 0.0203. The summed E-state index contributed by atoms with van der Waals surface area (Å²) in [6.07, 6.45) is 2.73. The van der Waals surface area contributed by atoms with Crippen molar-refractivity contribution in [2.75, 3.05) is 45.9 Å². The van der Waals surface area contributed by atoms with Crippen LogP contribution in [0, 0.1) is 5.92 Å². The molecule has 27 heavy (non-hydrogen) atoms. The molecule has 2 heterocycles. The number of nitrogens with zero attached hydrogens (tertiary/aromatic N) is 2. The van der Waals surface area contributed by atoms with E-state index >= 15 is 0 Å². The summed E-state index contributed by atoms with van der Waals surface area (Å²) in [5.41, 5.74) is 1.08. The van der Waals surface area contributed by atoms with E-state index in [4.69, 9.17) is 9.47 Å². The fourth-order valence-electron chi connectivity index (χ4n) is 3.47. The Morgan fingerprint density at radius 3 is 2.59 bits per heavy atom. The van der Waals surface area contributed by atoms with Gasteiger partial charge in [-0.05, 0) is 36.5 Å². The number of carbonyl (C=O) groups is 1. The first-order valence-electron chi connectivity index (χ1n) is 10.2. The van der Waals surface area contributed by atoms with Crippen molar-refractivity contribution in [2.24, 2.45) is 5.92 Å². The number of carbonyl (C=O) groups excluding carboxylic acids is 1. The molecule has 1 atom stereocenters. The Kier molecular flexibility index (Phi) is 7.35. The van der Waals surface area contributed by atoms with E-state index < -0.39 is 0 Å². The van der Waals surface area contributed by atoms with Gasteiger partial charge in [0.15, 0.2) is 0 Å². The van der Waals surface area contributed by atoms with Crippen LogP contribution in [0.25, 0.3) is 0 Å². The third-order valence-corrected chi connectivity index (χ3v) is 5.10. The highest BCUT2D eigenvalue weighted by Gasteiger charge is 2.24. The van der Waals surface area contributed by atoms with Crippen LogP contribution in [0.2, 0.25) is 0 Å². The van der Waals surface area contributed by atoms with E-state index in [-0.39, 0.29) is 6.03 Å². The number of hydrogen-bond donors (Lipinski definition) is 1. The van der Waals surface area contributed by atoms with Crippen molar-refractivity contribution in [3.63, 3.8) is 0 Å². The molecule has 0 saturated carbocycles. The first-order chi connectivity index (χ1) is 13.1. The van der Waals surface area contributed by atoms with Gasteiger partial charge < -0.3 is 19.7 Å². The van der Waals surface area contributed by atoms with Crippen LogP contribution in [0.15, 0.2) is 24.3 Å². The second-order valence-electron chi connectivity index (χ2n) is 7.93. The minimum Gasteiger partial charge on any atom is -0.493 e. The molecule has 1 N–H and O–H groups in total. The summed E-state index contributed by atoms with van der Waals surface area (Å²) in [6, 6.07) is 7.97. The zero-order valence-corrected chi connectivity index (χ0v) is 16.7. The first-order valence-corrected chi connectivity index (χ1v) is 10.2. The molecule has 2 aliphatic rings. The predicted molar refractivity (Wildman–Crippen MR) is 106 cm³/mol. The van der Waals surface area contributed by atoms with Crippen molar-refractivity contribution < 1.29 is 14.3 Å². The number of piperazine rings is 1. The number of benzene rings is 1. The molecule has 2 fully saturated rings. The number of amides is 2. The van der Waals surface area contributed by atoms with Gasteiger partial charge in [-0.2, -0.15) is 0 Å². The van der Waals surface area contributed by atoms with Crippen LogP contribution >= 0.6 is 0 Å². The molecule has 0 aromatic heterocycles. The van der Waals surface area contributed by atoms with Crippen LogP contribution in [0.5, 0.6) is 5.75 Å². The smallest absolute Gasteiger partial charge is 0.317 e.